The van der Waals surface area contributed by atoms with Gasteiger partial charge in [0.05, 0.1) is 0 Å². The van der Waals surface area contributed by atoms with Gasteiger partial charge in [0.15, 0.2) is 0 Å². The molecule has 0 saturated heterocycles. The first-order valence-corrected chi connectivity index (χ1v) is 8.37. The summed E-state index contributed by atoms with van der Waals surface area (Å²) in [5, 5.41) is 3.17. The van der Waals surface area contributed by atoms with Crippen LogP contribution in [0.4, 0.5) is 10.2 Å². The largest absolute Gasteiger partial charge is 0.366 e. The van der Waals surface area contributed by atoms with Crippen molar-refractivity contribution in [1.29, 1.82) is 0 Å². The Balaban J connectivity index is 2.04. The fraction of sp³-hybridized carbons (Fsp3) is 0.368. The number of aromatic nitrogens is 1. The molecule has 0 spiro atoms. The number of hydrogen-bond acceptors (Lipinski definition) is 3. The normalized spacial score (nSPS) is 10.5. The van der Waals surface area contributed by atoms with E-state index < -0.39 is 0 Å². The molecule has 5 heteroatoms. The quantitative estimate of drug-likeness (QED) is 0.793. The molecular formula is C19H24FN3O. The third-order valence-electron chi connectivity index (χ3n) is 3.67. The summed E-state index contributed by atoms with van der Waals surface area (Å²) in [6, 6.07) is 9.81. The summed E-state index contributed by atoms with van der Waals surface area (Å²) >= 11 is 0. The van der Waals surface area contributed by atoms with E-state index in [2.05, 4.69) is 24.1 Å². The van der Waals surface area contributed by atoms with Crippen molar-refractivity contribution >= 4 is 11.7 Å². The van der Waals surface area contributed by atoms with Gasteiger partial charge in [0, 0.05) is 31.4 Å². The number of benzene rings is 1. The van der Waals surface area contributed by atoms with Crippen LogP contribution in [-0.2, 0) is 6.54 Å². The maximum absolute atomic E-state index is 12.9. The molecule has 1 heterocycles. The molecule has 0 aliphatic carbocycles. The molecule has 0 aliphatic heterocycles. The number of carbonyl (C=O) groups is 1. The molecule has 0 atom stereocenters. The molecule has 1 N–H and O–H groups in total. The summed E-state index contributed by atoms with van der Waals surface area (Å²) in [6.07, 6.45) is 3.51. The Labute approximate surface area is 142 Å². The minimum absolute atomic E-state index is 0.0333. The van der Waals surface area contributed by atoms with E-state index >= 15 is 0 Å². The fourth-order valence-corrected chi connectivity index (χ4v) is 2.49. The minimum atomic E-state index is -0.253. The third-order valence-corrected chi connectivity index (χ3v) is 3.67. The molecule has 1 aromatic carbocycles. The Hall–Kier alpha value is -2.43. The molecule has 4 nitrogen and oxygen atoms in total. The molecule has 0 fully saturated rings. The lowest BCUT2D eigenvalue weighted by atomic mass is 10.2. The van der Waals surface area contributed by atoms with Gasteiger partial charge in [-0.1, -0.05) is 26.0 Å². The van der Waals surface area contributed by atoms with Crippen molar-refractivity contribution in [2.75, 3.05) is 18.4 Å². The van der Waals surface area contributed by atoms with Crippen LogP contribution < -0.4 is 5.32 Å². The number of pyridine rings is 1. The smallest absolute Gasteiger partial charge is 0.254 e. The lowest BCUT2D eigenvalue weighted by Crippen LogP contribution is -2.32. The lowest BCUT2D eigenvalue weighted by molar-refractivity contribution is 0.0755. The lowest BCUT2D eigenvalue weighted by Gasteiger charge is -2.21. The van der Waals surface area contributed by atoms with E-state index in [1.54, 1.807) is 30.5 Å². The number of carbonyl (C=O) groups excluding carboxylic acids is 1. The van der Waals surface area contributed by atoms with Crippen LogP contribution >= 0.6 is 0 Å². The van der Waals surface area contributed by atoms with Crippen molar-refractivity contribution in [2.45, 2.75) is 33.2 Å². The van der Waals surface area contributed by atoms with Crippen molar-refractivity contribution < 1.29 is 9.18 Å². The molecule has 2 rings (SSSR count). The van der Waals surface area contributed by atoms with E-state index in [1.807, 2.05) is 4.90 Å². The molecule has 0 aliphatic rings. The van der Waals surface area contributed by atoms with E-state index in [0.29, 0.717) is 17.9 Å². The predicted molar refractivity (Wildman–Crippen MR) is 94.4 cm³/mol. The Kier molecular flexibility index (Phi) is 6.73. The monoisotopic (exact) mass is 329 g/mol. The molecule has 0 bridgehead atoms. The number of nitrogens with one attached hydrogen (secondary N) is 1. The fourth-order valence-electron chi connectivity index (χ4n) is 2.49. The van der Waals surface area contributed by atoms with Crippen LogP contribution in [0.1, 0.15) is 42.6 Å². The van der Waals surface area contributed by atoms with Crippen LogP contribution in [0.15, 0.2) is 42.6 Å². The average molecular weight is 329 g/mol. The highest BCUT2D eigenvalue weighted by Crippen LogP contribution is 2.12. The first-order valence-electron chi connectivity index (χ1n) is 8.37. The van der Waals surface area contributed by atoms with Gasteiger partial charge in [-0.2, -0.15) is 0 Å². The van der Waals surface area contributed by atoms with Gasteiger partial charge in [-0.15, -0.1) is 0 Å². The van der Waals surface area contributed by atoms with Crippen LogP contribution in [0.3, 0.4) is 0 Å². The van der Waals surface area contributed by atoms with Gasteiger partial charge in [-0.25, -0.2) is 9.37 Å². The highest BCUT2D eigenvalue weighted by Gasteiger charge is 2.14. The van der Waals surface area contributed by atoms with E-state index in [4.69, 9.17) is 0 Å². The van der Waals surface area contributed by atoms with Gasteiger partial charge < -0.3 is 10.2 Å². The number of rotatable bonds is 8. The Morgan fingerprint density at radius 2 is 1.79 bits per heavy atom. The van der Waals surface area contributed by atoms with Gasteiger partial charge in [0.2, 0.25) is 0 Å². The molecule has 2 aromatic rings. The standard InChI is InChI=1S/C19H24FN3O/c1-3-11-23(12-4-2)19(24)16-9-10-21-18(13-16)22-14-15-5-7-17(20)8-6-15/h5-10,13H,3-4,11-12,14H2,1-2H3,(H,21,22). The van der Waals surface area contributed by atoms with Crippen molar-refractivity contribution in [3.05, 3.63) is 59.5 Å². The zero-order valence-electron chi connectivity index (χ0n) is 14.3. The van der Waals surface area contributed by atoms with Crippen molar-refractivity contribution in [3.63, 3.8) is 0 Å². The Morgan fingerprint density at radius 1 is 1.12 bits per heavy atom. The maximum Gasteiger partial charge on any atom is 0.254 e. The van der Waals surface area contributed by atoms with Gasteiger partial charge in [-0.05, 0) is 42.7 Å². The summed E-state index contributed by atoms with van der Waals surface area (Å²) in [7, 11) is 0. The van der Waals surface area contributed by atoms with Crippen molar-refractivity contribution in [2.24, 2.45) is 0 Å². The second kappa shape index (κ2) is 9.01. The Bertz CT molecular complexity index is 652. The number of amides is 1. The SMILES string of the molecule is CCCN(CCC)C(=O)c1ccnc(NCc2ccc(F)cc2)c1. The molecule has 128 valence electrons. The van der Waals surface area contributed by atoms with Crippen LogP contribution in [0.2, 0.25) is 0 Å². The molecular weight excluding hydrogens is 305 g/mol. The minimum Gasteiger partial charge on any atom is -0.366 e. The summed E-state index contributed by atoms with van der Waals surface area (Å²) in [5.74, 6) is 0.417. The number of anilines is 1. The predicted octanol–water partition coefficient (Wildman–Crippen LogP) is 4.10. The molecule has 0 saturated carbocycles. The van der Waals surface area contributed by atoms with Gasteiger partial charge >= 0.3 is 0 Å². The molecule has 0 radical (unpaired) electrons. The summed E-state index contributed by atoms with van der Waals surface area (Å²) in [5.41, 5.74) is 1.59. The van der Waals surface area contributed by atoms with Gasteiger partial charge in [-0.3, -0.25) is 4.79 Å². The van der Waals surface area contributed by atoms with Crippen molar-refractivity contribution in [1.82, 2.24) is 9.88 Å². The first kappa shape index (κ1) is 17.9. The van der Waals surface area contributed by atoms with Crippen LogP contribution in [0, 0.1) is 5.82 Å². The van der Waals surface area contributed by atoms with E-state index in [0.717, 1.165) is 31.5 Å². The van der Waals surface area contributed by atoms with E-state index in [-0.39, 0.29) is 11.7 Å². The van der Waals surface area contributed by atoms with Gasteiger partial charge in [0.1, 0.15) is 11.6 Å². The molecule has 0 unspecified atom stereocenters. The number of halogens is 1. The summed E-state index contributed by atoms with van der Waals surface area (Å²) in [6.45, 7) is 6.18. The highest BCUT2D eigenvalue weighted by molar-refractivity contribution is 5.94. The second-order valence-electron chi connectivity index (χ2n) is 5.70. The topological polar surface area (TPSA) is 45.2 Å². The van der Waals surface area contributed by atoms with Crippen LogP contribution in [-0.4, -0.2) is 28.9 Å². The molecule has 1 aromatic heterocycles. The number of hydrogen-bond donors (Lipinski definition) is 1. The maximum atomic E-state index is 12.9. The first-order chi connectivity index (χ1) is 11.6. The summed E-state index contributed by atoms with van der Waals surface area (Å²) in [4.78, 5) is 18.7. The average Bonchev–Trinajstić information content (AvgIpc) is 2.61. The third kappa shape index (κ3) is 5.05. The zero-order valence-corrected chi connectivity index (χ0v) is 14.3. The molecule has 1 amide bonds. The van der Waals surface area contributed by atoms with Crippen LogP contribution in [0.5, 0.6) is 0 Å². The Morgan fingerprint density at radius 3 is 2.42 bits per heavy atom. The zero-order chi connectivity index (χ0) is 17.4. The highest BCUT2D eigenvalue weighted by atomic mass is 19.1. The van der Waals surface area contributed by atoms with Crippen molar-refractivity contribution in [3.8, 4) is 0 Å². The summed E-state index contributed by atoms with van der Waals surface area (Å²) < 4.78 is 12.9. The van der Waals surface area contributed by atoms with Crippen LogP contribution in [0.25, 0.3) is 0 Å². The van der Waals surface area contributed by atoms with Gasteiger partial charge in [0.25, 0.3) is 5.91 Å². The number of nitrogens with zero attached hydrogens (tertiary/aromatic N) is 2. The van der Waals surface area contributed by atoms with E-state index in [1.165, 1.54) is 12.1 Å². The molecule has 24 heavy (non-hydrogen) atoms. The van der Waals surface area contributed by atoms with E-state index in [9.17, 15) is 9.18 Å². The second-order valence-corrected chi connectivity index (χ2v) is 5.70.